The Balaban J connectivity index is 1.93. The monoisotopic (exact) mass is 207 g/mol. The van der Waals surface area contributed by atoms with Crippen LogP contribution in [-0.4, -0.2) is 19.8 Å². The Kier molecular flexibility index (Phi) is 6.88. The molecular formula is C13H21NO. The summed E-state index contributed by atoms with van der Waals surface area (Å²) >= 11 is 0. The second kappa shape index (κ2) is 8.45. The van der Waals surface area contributed by atoms with Crippen molar-refractivity contribution in [3.8, 4) is 0 Å². The molecule has 1 rings (SSSR count). The second-order valence-corrected chi connectivity index (χ2v) is 3.63. The summed E-state index contributed by atoms with van der Waals surface area (Å²) in [6.07, 6.45) is 2.37. The zero-order valence-electron chi connectivity index (χ0n) is 9.54. The zero-order valence-corrected chi connectivity index (χ0v) is 9.54. The number of nitrogens with one attached hydrogen (secondary N) is 1. The van der Waals surface area contributed by atoms with Crippen molar-refractivity contribution >= 4 is 0 Å². The van der Waals surface area contributed by atoms with E-state index < -0.39 is 0 Å². The van der Waals surface area contributed by atoms with Crippen LogP contribution in [0.5, 0.6) is 0 Å². The second-order valence-electron chi connectivity index (χ2n) is 3.63. The molecule has 84 valence electrons. The first kappa shape index (κ1) is 12.2. The highest BCUT2D eigenvalue weighted by atomic mass is 16.5. The van der Waals surface area contributed by atoms with Gasteiger partial charge in [-0.2, -0.15) is 0 Å². The van der Waals surface area contributed by atoms with Crippen LogP contribution in [0, 0.1) is 0 Å². The van der Waals surface area contributed by atoms with E-state index in [1.54, 1.807) is 0 Å². The fraction of sp³-hybridized carbons (Fsp3) is 0.538. The van der Waals surface area contributed by atoms with Crippen molar-refractivity contribution in [1.29, 1.82) is 0 Å². The molecule has 0 radical (unpaired) electrons. The average Bonchev–Trinajstić information content (AvgIpc) is 2.29. The van der Waals surface area contributed by atoms with Gasteiger partial charge in [-0.25, -0.2) is 0 Å². The quantitative estimate of drug-likeness (QED) is 0.662. The number of rotatable bonds is 8. The molecule has 0 saturated heterocycles. The van der Waals surface area contributed by atoms with Crippen LogP contribution in [0.15, 0.2) is 30.3 Å². The van der Waals surface area contributed by atoms with Crippen LogP contribution in [0.4, 0.5) is 0 Å². The Bertz CT molecular complexity index is 236. The van der Waals surface area contributed by atoms with E-state index in [4.69, 9.17) is 4.74 Å². The van der Waals surface area contributed by atoms with Crippen molar-refractivity contribution in [1.82, 2.24) is 5.32 Å². The minimum absolute atomic E-state index is 0.812. The third-order valence-corrected chi connectivity index (χ3v) is 2.24. The van der Waals surface area contributed by atoms with Gasteiger partial charge in [0.2, 0.25) is 0 Å². The molecular weight excluding hydrogens is 186 g/mol. The van der Waals surface area contributed by atoms with E-state index in [0.717, 1.165) is 26.3 Å². The summed E-state index contributed by atoms with van der Waals surface area (Å²) in [4.78, 5) is 0. The smallest absolute Gasteiger partial charge is 0.0591 e. The number of unbranched alkanes of at least 4 members (excludes halogenated alkanes) is 1. The minimum atomic E-state index is 0.812. The van der Waals surface area contributed by atoms with Crippen LogP contribution < -0.4 is 5.32 Å². The Morgan fingerprint density at radius 3 is 2.67 bits per heavy atom. The SMILES string of the molecule is CCCCOCCNCc1ccccc1. The molecule has 0 aliphatic heterocycles. The molecule has 0 unspecified atom stereocenters. The van der Waals surface area contributed by atoms with E-state index >= 15 is 0 Å². The van der Waals surface area contributed by atoms with Gasteiger partial charge in [0.15, 0.2) is 0 Å². The first-order chi connectivity index (χ1) is 7.43. The number of benzene rings is 1. The maximum absolute atomic E-state index is 5.45. The van der Waals surface area contributed by atoms with E-state index in [1.165, 1.54) is 18.4 Å². The largest absolute Gasteiger partial charge is 0.380 e. The van der Waals surface area contributed by atoms with Crippen LogP contribution >= 0.6 is 0 Å². The van der Waals surface area contributed by atoms with E-state index in [1.807, 2.05) is 6.07 Å². The van der Waals surface area contributed by atoms with Gasteiger partial charge >= 0.3 is 0 Å². The molecule has 0 aliphatic carbocycles. The summed E-state index contributed by atoms with van der Waals surface area (Å²) in [6, 6.07) is 10.4. The van der Waals surface area contributed by atoms with E-state index in [-0.39, 0.29) is 0 Å². The van der Waals surface area contributed by atoms with E-state index in [9.17, 15) is 0 Å². The van der Waals surface area contributed by atoms with Gasteiger partial charge < -0.3 is 10.1 Å². The van der Waals surface area contributed by atoms with Gasteiger partial charge in [0.1, 0.15) is 0 Å². The van der Waals surface area contributed by atoms with Gasteiger partial charge in [-0.1, -0.05) is 43.7 Å². The van der Waals surface area contributed by atoms with E-state index in [0.29, 0.717) is 0 Å². The first-order valence-electron chi connectivity index (χ1n) is 5.76. The first-order valence-corrected chi connectivity index (χ1v) is 5.76. The number of ether oxygens (including phenoxy) is 1. The summed E-state index contributed by atoms with van der Waals surface area (Å²) in [5.41, 5.74) is 1.33. The fourth-order valence-electron chi connectivity index (χ4n) is 1.32. The predicted octanol–water partition coefficient (Wildman–Crippen LogP) is 2.59. The number of hydrogen-bond acceptors (Lipinski definition) is 2. The highest BCUT2D eigenvalue weighted by molar-refractivity contribution is 5.14. The molecule has 0 aliphatic rings. The molecule has 0 atom stereocenters. The lowest BCUT2D eigenvalue weighted by atomic mass is 10.2. The molecule has 0 aromatic heterocycles. The molecule has 0 amide bonds. The van der Waals surface area contributed by atoms with Crippen molar-refractivity contribution in [2.75, 3.05) is 19.8 Å². The minimum Gasteiger partial charge on any atom is -0.380 e. The molecule has 0 saturated carbocycles. The van der Waals surface area contributed by atoms with Crippen LogP contribution in [0.3, 0.4) is 0 Å². The highest BCUT2D eigenvalue weighted by Gasteiger charge is 1.91. The van der Waals surface area contributed by atoms with Gasteiger partial charge in [0.05, 0.1) is 6.61 Å². The molecule has 0 spiro atoms. The Hall–Kier alpha value is -0.860. The zero-order chi connectivity index (χ0) is 10.8. The molecule has 1 N–H and O–H groups in total. The third-order valence-electron chi connectivity index (χ3n) is 2.24. The molecule has 1 aromatic carbocycles. The van der Waals surface area contributed by atoms with E-state index in [2.05, 4.69) is 36.5 Å². The molecule has 1 aromatic rings. The molecule has 0 bridgehead atoms. The average molecular weight is 207 g/mol. The predicted molar refractivity (Wildman–Crippen MR) is 63.9 cm³/mol. The topological polar surface area (TPSA) is 21.3 Å². The van der Waals surface area contributed by atoms with Gasteiger partial charge in [0, 0.05) is 19.7 Å². The van der Waals surface area contributed by atoms with Crippen LogP contribution in [0.25, 0.3) is 0 Å². The molecule has 15 heavy (non-hydrogen) atoms. The maximum Gasteiger partial charge on any atom is 0.0591 e. The Morgan fingerprint density at radius 1 is 1.13 bits per heavy atom. The summed E-state index contributed by atoms with van der Waals surface area (Å²) in [5.74, 6) is 0. The van der Waals surface area contributed by atoms with Crippen LogP contribution in [0.2, 0.25) is 0 Å². The summed E-state index contributed by atoms with van der Waals surface area (Å²) in [6.45, 7) is 5.74. The van der Waals surface area contributed by atoms with Gasteiger partial charge in [0.25, 0.3) is 0 Å². The van der Waals surface area contributed by atoms with Crippen molar-refractivity contribution < 1.29 is 4.74 Å². The summed E-state index contributed by atoms with van der Waals surface area (Å²) < 4.78 is 5.45. The highest BCUT2D eigenvalue weighted by Crippen LogP contribution is 1.96. The van der Waals surface area contributed by atoms with Crippen molar-refractivity contribution in [3.63, 3.8) is 0 Å². The Labute approximate surface area is 92.6 Å². The van der Waals surface area contributed by atoms with Crippen LogP contribution in [0.1, 0.15) is 25.3 Å². The summed E-state index contributed by atoms with van der Waals surface area (Å²) in [7, 11) is 0. The molecule has 0 fully saturated rings. The molecule has 2 nitrogen and oxygen atoms in total. The van der Waals surface area contributed by atoms with Gasteiger partial charge in [-0.3, -0.25) is 0 Å². The lowest BCUT2D eigenvalue weighted by molar-refractivity contribution is 0.133. The van der Waals surface area contributed by atoms with Crippen LogP contribution in [-0.2, 0) is 11.3 Å². The fourth-order valence-corrected chi connectivity index (χ4v) is 1.32. The molecule has 0 heterocycles. The molecule has 2 heteroatoms. The maximum atomic E-state index is 5.45. The number of hydrogen-bond donors (Lipinski definition) is 1. The Morgan fingerprint density at radius 2 is 1.93 bits per heavy atom. The lowest BCUT2D eigenvalue weighted by Crippen LogP contribution is -2.19. The van der Waals surface area contributed by atoms with Crippen molar-refractivity contribution in [2.24, 2.45) is 0 Å². The van der Waals surface area contributed by atoms with Crippen molar-refractivity contribution in [2.45, 2.75) is 26.3 Å². The summed E-state index contributed by atoms with van der Waals surface area (Å²) in [5, 5.41) is 3.35. The van der Waals surface area contributed by atoms with Crippen molar-refractivity contribution in [3.05, 3.63) is 35.9 Å². The normalized spacial score (nSPS) is 10.5. The van der Waals surface area contributed by atoms with Gasteiger partial charge in [-0.05, 0) is 12.0 Å². The standard InChI is InChI=1S/C13H21NO/c1-2-3-10-15-11-9-14-12-13-7-5-4-6-8-13/h4-8,14H,2-3,9-12H2,1H3. The van der Waals surface area contributed by atoms with Gasteiger partial charge in [-0.15, -0.1) is 0 Å². The lowest BCUT2D eigenvalue weighted by Gasteiger charge is -2.05. The third kappa shape index (κ3) is 6.26.